The fourth-order valence-electron chi connectivity index (χ4n) is 7.96. The summed E-state index contributed by atoms with van der Waals surface area (Å²) in [5.74, 6) is 0.448. The zero-order chi connectivity index (χ0) is 28.4. The maximum Gasteiger partial charge on any atom is 0.0726 e. The van der Waals surface area contributed by atoms with Gasteiger partial charge in [-0.25, -0.2) is 0 Å². The molecule has 43 heavy (non-hydrogen) atoms. The number of fused-ring (bicyclic) bond motifs is 11. The van der Waals surface area contributed by atoms with Gasteiger partial charge in [-0.2, -0.15) is 0 Å². The molecule has 0 saturated carbocycles. The Hall–Kier alpha value is -5.14. The van der Waals surface area contributed by atoms with Crippen LogP contribution in [0.15, 0.2) is 158 Å². The fourth-order valence-corrected chi connectivity index (χ4v) is 7.96. The first-order chi connectivity index (χ1) is 21.3. The van der Waals surface area contributed by atoms with Gasteiger partial charge in [0, 0.05) is 17.9 Å². The highest BCUT2D eigenvalue weighted by molar-refractivity contribution is 5.96. The Labute approximate surface area is 253 Å². The van der Waals surface area contributed by atoms with Gasteiger partial charge in [-0.1, -0.05) is 133 Å². The summed E-state index contributed by atoms with van der Waals surface area (Å²) in [4.78, 5) is 2.55. The Kier molecular flexibility index (Phi) is 5.37. The van der Waals surface area contributed by atoms with E-state index in [4.69, 9.17) is 0 Å². The van der Waals surface area contributed by atoms with E-state index in [9.17, 15) is 0 Å². The monoisotopic (exact) mass is 549 g/mol. The summed E-state index contributed by atoms with van der Waals surface area (Å²) in [6.45, 7) is 0.922. The fraction of sp³-hybridized carbons (Fsp3) is 0.0952. The van der Waals surface area contributed by atoms with Gasteiger partial charge in [-0.3, -0.25) is 0 Å². The lowest BCUT2D eigenvalue weighted by molar-refractivity contribution is 0.656. The van der Waals surface area contributed by atoms with Gasteiger partial charge in [0.2, 0.25) is 0 Å². The van der Waals surface area contributed by atoms with Crippen molar-refractivity contribution in [2.45, 2.75) is 11.8 Å². The summed E-state index contributed by atoms with van der Waals surface area (Å²) in [5, 5.41) is 2.54. The molecule has 1 spiro atoms. The second-order valence-electron chi connectivity index (χ2n) is 12.1. The smallest absolute Gasteiger partial charge is 0.0726 e. The van der Waals surface area contributed by atoms with E-state index < -0.39 is 0 Å². The molecule has 6 aromatic carbocycles. The molecule has 0 amide bonds. The van der Waals surface area contributed by atoms with Crippen LogP contribution in [0.5, 0.6) is 0 Å². The largest absolute Gasteiger partial charge is 0.341 e. The molecule has 1 atom stereocenters. The standard InChI is InChI=1S/C42H31N/c1-2-12-29(13-3-1)28-43(32-23-22-30-14-4-5-15-31(30)26-32)33-24-25-37-36-18-8-11-21-40(36)42(41(37)27-33)38-19-9-6-16-34(38)35-17-7-10-20-39(35)42/h1-12,14-27,29H,13,28H2. The third-order valence-electron chi connectivity index (χ3n) is 9.82. The number of hydrogen-bond acceptors (Lipinski definition) is 1. The van der Waals surface area contributed by atoms with Crippen molar-refractivity contribution < 1.29 is 0 Å². The van der Waals surface area contributed by atoms with Gasteiger partial charge in [0.15, 0.2) is 0 Å². The highest BCUT2D eigenvalue weighted by Gasteiger charge is 2.51. The van der Waals surface area contributed by atoms with Crippen molar-refractivity contribution in [3.05, 3.63) is 180 Å². The van der Waals surface area contributed by atoms with Crippen molar-refractivity contribution in [2.24, 2.45) is 5.92 Å². The van der Waals surface area contributed by atoms with Crippen LogP contribution in [0.2, 0.25) is 0 Å². The molecule has 0 radical (unpaired) electrons. The van der Waals surface area contributed by atoms with E-state index in [-0.39, 0.29) is 5.41 Å². The van der Waals surface area contributed by atoms with Crippen LogP contribution in [0.25, 0.3) is 33.0 Å². The van der Waals surface area contributed by atoms with Crippen molar-refractivity contribution in [1.29, 1.82) is 0 Å². The first-order valence-electron chi connectivity index (χ1n) is 15.4. The van der Waals surface area contributed by atoms with Crippen LogP contribution in [0.1, 0.15) is 28.7 Å². The number of allylic oxidation sites excluding steroid dienone is 3. The Morgan fingerprint density at radius 2 is 1.07 bits per heavy atom. The first kappa shape index (κ1) is 24.5. The summed E-state index contributed by atoms with van der Waals surface area (Å²) in [7, 11) is 0. The zero-order valence-corrected chi connectivity index (χ0v) is 23.9. The topological polar surface area (TPSA) is 3.24 Å². The summed E-state index contributed by atoms with van der Waals surface area (Å²) < 4.78 is 0. The van der Waals surface area contributed by atoms with Gasteiger partial charge in [0.25, 0.3) is 0 Å². The average Bonchev–Trinajstić information content (AvgIpc) is 3.54. The molecule has 1 unspecified atom stereocenters. The van der Waals surface area contributed by atoms with Crippen molar-refractivity contribution >= 4 is 22.1 Å². The normalized spacial score (nSPS) is 16.6. The molecule has 9 rings (SSSR count). The number of rotatable bonds is 4. The lowest BCUT2D eigenvalue weighted by Crippen LogP contribution is -2.27. The molecule has 6 aromatic rings. The molecule has 0 aliphatic heterocycles. The van der Waals surface area contributed by atoms with Crippen LogP contribution < -0.4 is 4.90 Å². The Morgan fingerprint density at radius 1 is 0.512 bits per heavy atom. The molecule has 0 N–H and O–H groups in total. The molecule has 0 saturated heterocycles. The lowest BCUT2D eigenvalue weighted by atomic mass is 9.70. The maximum absolute atomic E-state index is 2.55. The predicted octanol–water partition coefficient (Wildman–Crippen LogP) is 10.5. The zero-order valence-electron chi connectivity index (χ0n) is 23.9. The second-order valence-corrected chi connectivity index (χ2v) is 12.1. The van der Waals surface area contributed by atoms with Crippen molar-refractivity contribution in [1.82, 2.24) is 0 Å². The van der Waals surface area contributed by atoms with Crippen LogP contribution in [0.4, 0.5) is 11.4 Å². The molecule has 0 bridgehead atoms. The SMILES string of the molecule is C1=CCC(CN(c2ccc3c(c2)C2(c4ccccc4-c4ccccc42)c2ccccc2-3)c2ccc3ccccc3c2)C=C1. The van der Waals surface area contributed by atoms with E-state index in [1.54, 1.807) is 0 Å². The molecule has 3 aliphatic rings. The van der Waals surface area contributed by atoms with Gasteiger partial charge in [-0.15, -0.1) is 0 Å². The molecule has 3 aliphatic carbocycles. The van der Waals surface area contributed by atoms with Gasteiger partial charge in [0.05, 0.1) is 5.41 Å². The molecular weight excluding hydrogens is 518 g/mol. The average molecular weight is 550 g/mol. The van der Waals surface area contributed by atoms with Crippen LogP contribution in [0.3, 0.4) is 0 Å². The molecule has 1 heteroatoms. The van der Waals surface area contributed by atoms with Gasteiger partial charge in [-0.05, 0) is 91.9 Å². The molecule has 204 valence electrons. The van der Waals surface area contributed by atoms with Crippen LogP contribution in [-0.4, -0.2) is 6.54 Å². The predicted molar refractivity (Wildman–Crippen MR) is 180 cm³/mol. The third kappa shape index (κ3) is 3.52. The highest BCUT2D eigenvalue weighted by Crippen LogP contribution is 2.63. The summed E-state index contributed by atoms with van der Waals surface area (Å²) >= 11 is 0. The lowest BCUT2D eigenvalue weighted by Gasteiger charge is -2.33. The molecule has 0 aromatic heterocycles. The van der Waals surface area contributed by atoms with E-state index in [0.29, 0.717) is 5.92 Å². The van der Waals surface area contributed by atoms with E-state index in [0.717, 1.165) is 13.0 Å². The van der Waals surface area contributed by atoms with Crippen molar-refractivity contribution in [2.75, 3.05) is 11.4 Å². The summed E-state index contributed by atoms with van der Waals surface area (Å²) in [6, 6.07) is 50.0. The molecule has 0 fully saturated rings. The number of hydrogen-bond donors (Lipinski definition) is 0. The Morgan fingerprint density at radius 3 is 1.72 bits per heavy atom. The number of nitrogens with zero attached hydrogens (tertiary/aromatic N) is 1. The van der Waals surface area contributed by atoms with Crippen molar-refractivity contribution in [3.63, 3.8) is 0 Å². The van der Waals surface area contributed by atoms with Gasteiger partial charge < -0.3 is 4.90 Å². The minimum Gasteiger partial charge on any atom is -0.341 e. The molecule has 1 nitrogen and oxygen atoms in total. The van der Waals surface area contributed by atoms with E-state index >= 15 is 0 Å². The summed E-state index contributed by atoms with van der Waals surface area (Å²) in [6.07, 6.45) is 10.1. The molecular formula is C42H31N. The maximum atomic E-state index is 2.55. The number of benzene rings is 6. The van der Waals surface area contributed by atoms with Gasteiger partial charge in [0.1, 0.15) is 0 Å². The van der Waals surface area contributed by atoms with Crippen LogP contribution in [-0.2, 0) is 5.41 Å². The van der Waals surface area contributed by atoms with Gasteiger partial charge >= 0.3 is 0 Å². The first-order valence-corrected chi connectivity index (χ1v) is 15.4. The minimum atomic E-state index is -0.336. The van der Waals surface area contributed by atoms with Crippen molar-refractivity contribution in [3.8, 4) is 22.3 Å². The molecule has 0 heterocycles. The van der Waals surface area contributed by atoms with Crippen LogP contribution >= 0.6 is 0 Å². The minimum absolute atomic E-state index is 0.336. The Balaban J connectivity index is 1.29. The van der Waals surface area contributed by atoms with E-state index in [1.807, 2.05) is 0 Å². The Bertz CT molecular complexity index is 2050. The van der Waals surface area contributed by atoms with E-state index in [1.165, 1.54) is 66.7 Å². The third-order valence-corrected chi connectivity index (χ3v) is 9.82. The van der Waals surface area contributed by atoms with E-state index in [2.05, 4.69) is 163 Å². The number of anilines is 2. The second kappa shape index (κ2) is 9.44. The van der Waals surface area contributed by atoms with Crippen LogP contribution in [0, 0.1) is 5.92 Å². The quantitative estimate of drug-likeness (QED) is 0.211. The highest BCUT2D eigenvalue weighted by atomic mass is 15.1. The summed E-state index contributed by atoms with van der Waals surface area (Å²) in [5.41, 5.74) is 13.0.